The van der Waals surface area contributed by atoms with Crippen LogP contribution in [0.5, 0.6) is 0 Å². The van der Waals surface area contributed by atoms with Crippen LogP contribution in [-0.2, 0) is 4.74 Å². The Hall–Kier alpha value is -1.63. The number of aromatic nitrogens is 2. The van der Waals surface area contributed by atoms with Crippen LogP contribution in [0, 0.1) is 6.92 Å². The first-order valence-electron chi connectivity index (χ1n) is 6.57. The van der Waals surface area contributed by atoms with E-state index in [1.165, 1.54) is 0 Å². The zero-order valence-corrected chi connectivity index (χ0v) is 11.6. The van der Waals surface area contributed by atoms with Gasteiger partial charge < -0.3 is 14.2 Å². The molecule has 0 saturated carbocycles. The highest BCUT2D eigenvalue weighted by molar-refractivity contribution is 5.67. The van der Waals surface area contributed by atoms with Gasteiger partial charge in [-0.3, -0.25) is 4.90 Å². The molecule has 1 aromatic heterocycles. The summed E-state index contributed by atoms with van der Waals surface area (Å²) in [5, 5.41) is 3.80. The summed E-state index contributed by atoms with van der Waals surface area (Å²) in [4.78, 5) is 19.8. The molecule has 0 radical (unpaired) electrons. The third-order valence-electron chi connectivity index (χ3n) is 3.29. The van der Waals surface area contributed by atoms with E-state index >= 15 is 0 Å². The summed E-state index contributed by atoms with van der Waals surface area (Å²) in [6.07, 6.45) is -0.233. The zero-order chi connectivity index (χ0) is 13.8. The maximum absolute atomic E-state index is 11.6. The Kier molecular flexibility index (Phi) is 4.36. The van der Waals surface area contributed by atoms with Gasteiger partial charge in [0.1, 0.15) is 0 Å². The second-order valence-corrected chi connectivity index (χ2v) is 4.58. The van der Waals surface area contributed by atoms with Crippen molar-refractivity contribution in [1.82, 2.24) is 19.9 Å². The van der Waals surface area contributed by atoms with Gasteiger partial charge in [-0.25, -0.2) is 4.79 Å². The van der Waals surface area contributed by atoms with Gasteiger partial charge in [-0.2, -0.15) is 4.98 Å². The van der Waals surface area contributed by atoms with Gasteiger partial charge >= 0.3 is 6.09 Å². The fraction of sp³-hybridized carbons (Fsp3) is 0.750. The quantitative estimate of drug-likeness (QED) is 0.820. The van der Waals surface area contributed by atoms with Crippen LogP contribution in [0.2, 0.25) is 0 Å². The molecule has 0 bridgehead atoms. The van der Waals surface area contributed by atoms with E-state index in [1.54, 1.807) is 11.8 Å². The summed E-state index contributed by atoms with van der Waals surface area (Å²) in [5.74, 6) is 1.27. The third kappa shape index (κ3) is 3.23. The van der Waals surface area contributed by atoms with Crippen LogP contribution >= 0.6 is 0 Å². The van der Waals surface area contributed by atoms with Gasteiger partial charge in [0.15, 0.2) is 5.82 Å². The van der Waals surface area contributed by atoms with Crippen molar-refractivity contribution in [2.45, 2.75) is 26.8 Å². The predicted molar refractivity (Wildman–Crippen MR) is 67.6 cm³/mol. The Morgan fingerprint density at radius 1 is 1.42 bits per heavy atom. The van der Waals surface area contributed by atoms with E-state index in [0.717, 1.165) is 13.1 Å². The highest BCUT2D eigenvalue weighted by Gasteiger charge is 2.27. The lowest BCUT2D eigenvalue weighted by Gasteiger charge is -2.36. The van der Waals surface area contributed by atoms with Crippen molar-refractivity contribution < 1.29 is 14.1 Å². The minimum atomic E-state index is -0.233. The second kappa shape index (κ2) is 6.01. The molecule has 1 amide bonds. The summed E-state index contributed by atoms with van der Waals surface area (Å²) in [5.41, 5.74) is 0. The monoisotopic (exact) mass is 268 g/mol. The number of carbonyl (C=O) groups excluding carboxylic acids is 1. The predicted octanol–water partition coefficient (Wildman–Crippen LogP) is 1.21. The molecule has 1 aromatic rings. The highest BCUT2D eigenvalue weighted by Crippen LogP contribution is 2.20. The van der Waals surface area contributed by atoms with Crippen molar-refractivity contribution in [3.05, 3.63) is 11.7 Å². The molecule has 1 fully saturated rings. The molecular formula is C12H20N4O3. The number of amides is 1. The van der Waals surface area contributed by atoms with Gasteiger partial charge in [-0.1, -0.05) is 5.16 Å². The number of carbonyl (C=O) groups is 1. The van der Waals surface area contributed by atoms with Crippen LogP contribution in [0.25, 0.3) is 0 Å². The smallest absolute Gasteiger partial charge is 0.409 e. The van der Waals surface area contributed by atoms with E-state index in [9.17, 15) is 4.79 Å². The van der Waals surface area contributed by atoms with Crippen molar-refractivity contribution in [2.24, 2.45) is 0 Å². The van der Waals surface area contributed by atoms with E-state index < -0.39 is 0 Å². The maximum Gasteiger partial charge on any atom is 0.409 e. The average molecular weight is 268 g/mol. The van der Waals surface area contributed by atoms with Crippen LogP contribution in [0.3, 0.4) is 0 Å². The molecule has 1 aliphatic rings. The molecule has 0 spiro atoms. The van der Waals surface area contributed by atoms with E-state index in [0.29, 0.717) is 31.4 Å². The standard InChI is InChI=1S/C12H20N4O3/c1-4-18-12(17)16-7-5-15(6-8-16)9(2)11-13-10(3)14-19-11/h9H,4-8H2,1-3H3. The van der Waals surface area contributed by atoms with Gasteiger partial charge in [0.05, 0.1) is 12.6 Å². The molecule has 2 heterocycles. The zero-order valence-electron chi connectivity index (χ0n) is 11.6. The van der Waals surface area contributed by atoms with Gasteiger partial charge in [0.25, 0.3) is 0 Å². The van der Waals surface area contributed by atoms with Crippen LogP contribution in [0.15, 0.2) is 4.52 Å². The largest absolute Gasteiger partial charge is 0.450 e. The van der Waals surface area contributed by atoms with Crippen LogP contribution in [0.4, 0.5) is 4.79 Å². The minimum Gasteiger partial charge on any atom is -0.450 e. The summed E-state index contributed by atoms with van der Waals surface area (Å²) in [6.45, 7) is 8.95. The number of rotatable bonds is 3. The number of hydrogen-bond acceptors (Lipinski definition) is 6. The molecule has 7 nitrogen and oxygen atoms in total. The minimum absolute atomic E-state index is 0.0746. The normalized spacial score (nSPS) is 18.4. The first-order valence-corrected chi connectivity index (χ1v) is 6.57. The van der Waals surface area contributed by atoms with E-state index in [4.69, 9.17) is 9.26 Å². The molecule has 0 N–H and O–H groups in total. The van der Waals surface area contributed by atoms with Crippen molar-refractivity contribution >= 4 is 6.09 Å². The lowest BCUT2D eigenvalue weighted by molar-refractivity contribution is 0.0629. The topological polar surface area (TPSA) is 71.7 Å². The number of piperazine rings is 1. The molecule has 0 aliphatic carbocycles. The average Bonchev–Trinajstić information content (AvgIpc) is 2.85. The lowest BCUT2D eigenvalue weighted by atomic mass is 10.2. The summed E-state index contributed by atoms with van der Waals surface area (Å²) >= 11 is 0. The van der Waals surface area contributed by atoms with E-state index in [1.807, 2.05) is 13.8 Å². The molecule has 1 saturated heterocycles. The molecule has 7 heteroatoms. The van der Waals surface area contributed by atoms with Gasteiger partial charge in [0, 0.05) is 26.2 Å². The van der Waals surface area contributed by atoms with Gasteiger partial charge in [-0.05, 0) is 20.8 Å². The van der Waals surface area contributed by atoms with E-state index in [-0.39, 0.29) is 12.1 Å². The fourth-order valence-electron chi connectivity index (χ4n) is 2.15. The number of aryl methyl sites for hydroxylation is 1. The van der Waals surface area contributed by atoms with Crippen molar-refractivity contribution in [1.29, 1.82) is 0 Å². The van der Waals surface area contributed by atoms with Crippen LogP contribution < -0.4 is 0 Å². The van der Waals surface area contributed by atoms with Gasteiger partial charge in [0.2, 0.25) is 5.89 Å². The number of nitrogens with zero attached hydrogens (tertiary/aromatic N) is 4. The summed E-state index contributed by atoms with van der Waals surface area (Å²) in [6, 6.07) is 0.0746. The molecule has 19 heavy (non-hydrogen) atoms. The summed E-state index contributed by atoms with van der Waals surface area (Å²) in [7, 11) is 0. The van der Waals surface area contributed by atoms with Gasteiger partial charge in [-0.15, -0.1) is 0 Å². The first kappa shape index (κ1) is 13.8. The van der Waals surface area contributed by atoms with Crippen LogP contribution in [0.1, 0.15) is 31.6 Å². The Bertz CT molecular complexity index is 426. The lowest BCUT2D eigenvalue weighted by Crippen LogP contribution is -2.49. The Morgan fingerprint density at radius 3 is 2.63 bits per heavy atom. The SMILES string of the molecule is CCOC(=O)N1CCN(C(C)c2nc(C)no2)CC1. The highest BCUT2D eigenvalue weighted by atomic mass is 16.6. The molecule has 1 aliphatic heterocycles. The molecule has 1 unspecified atom stereocenters. The Morgan fingerprint density at radius 2 is 2.11 bits per heavy atom. The first-order chi connectivity index (χ1) is 9.11. The fourth-order valence-corrected chi connectivity index (χ4v) is 2.15. The van der Waals surface area contributed by atoms with Crippen LogP contribution in [-0.4, -0.2) is 58.8 Å². The molecule has 0 aromatic carbocycles. The second-order valence-electron chi connectivity index (χ2n) is 4.58. The third-order valence-corrected chi connectivity index (χ3v) is 3.29. The number of hydrogen-bond donors (Lipinski definition) is 0. The van der Waals surface area contributed by atoms with Crippen molar-refractivity contribution in [2.75, 3.05) is 32.8 Å². The molecular weight excluding hydrogens is 248 g/mol. The number of ether oxygens (including phenoxy) is 1. The van der Waals surface area contributed by atoms with Crippen molar-refractivity contribution in [3.63, 3.8) is 0 Å². The van der Waals surface area contributed by atoms with E-state index in [2.05, 4.69) is 15.0 Å². The molecule has 2 rings (SSSR count). The summed E-state index contributed by atoms with van der Waals surface area (Å²) < 4.78 is 10.2. The maximum atomic E-state index is 11.6. The molecule has 1 atom stereocenters. The Labute approximate surface area is 112 Å². The van der Waals surface area contributed by atoms with Crippen molar-refractivity contribution in [3.8, 4) is 0 Å². The molecule has 106 valence electrons. The Balaban J connectivity index is 1.87.